The first kappa shape index (κ1) is 14.3. The van der Waals surface area contributed by atoms with E-state index in [1.54, 1.807) is 12.1 Å². The molecule has 0 saturated carbocycles. The molecule has 1 aromatic carbocycles. The number of hydrogen-bond donors (Lipinski definition) is 1. The molecule has 0 aliphatic carbocycles. The monoisotopic (exact) mass is 267 g/mol. The molecule has 1 aliphatic rings. The lowest BCUT2D eigenvalue weighted by Crippen LogP contribution is -2.34. The SMILES string of the molecule is Fc1cccc(OCCOCCC2CCCCN2)c1. The number of benzene rings is 1. The molecule has 2 rings (SSSR count). The molecule has 0 bridgehead atoms. The van der Waals surface area contributed by atoms with Crippen molar-refractivity contribution in [1.29, 1.82) is 0 Å². The predicted octanol–water partition coefficient (Wildman–Crippen LogP) is 2.75. The van der Waals surface area contributed by atoms with Gasteiger partial charge in [0.2, 0.25) is 0 Å². The third kappa shape index (κ3) is 5.57. The minimum absolute atomic E-state index is 0.276. The molecular weight excluding hydrogens is 245 g/mol. The van der Waals surface area contributed by atoms with E-state index in [9.17, 15) is 4.39 Å². The summed E-state index contributed by atoms with van der Waals surface area (Å²) < 4.78 is 23.8. The standard InChI is InChI=1S/C15H22FNO2/c16-13-4-3-6-15(12-13)19-11-10-18-9-7-14-5-1-2-8-17-14/h3-4,6,12,14,17H,1-2,5,7-11H2. The van der Waals surface area contributed by atoms with Crippen LogP contribution in [0.1, 0.15) is 25.7 Å². The Labute approximate surface area is 114 Å². The van der Waals surface area contributed by atoms with Crippen molar-refractivity contribution in [3.8, 4) is 5.75 Å². The van der Waals surface area contributed by atoms with Gasteiger partial charge in [0.05, 0.1) is 6.61 Å². The van der Waals surface area contributed by atoms with E-state index in [-0.39, 0.29) is 5.82 Å². The first-order chi connectivity index (χ1) is 9.34. The maximum atomic E-state index is 12.9. The molecule has 0 amide bonds. The maximum absolute atomic E-state index is 12.9. The van der Waals surface area contributed by atoms with Gasteiger partial charge in [-0.15, -0.1) is 0 Å². The Balaban J connectivity index is 1.50. The zero-order chi connectivity index (χ0) is 13.3. The molecule has 0 spiro atoms. The quantitative estimate of drug-likeness (QED) is 0.771. The van der Waals surface area contributed by atoms with E-state index in [0.29, 0.717) is 25.0 Å². The fraction of sp³-hybridized carbons (Fsp3) is 0.600. The van der Waals surface area contributed by atoms with Crippen LogP contribution >= 0.6 is 0 Å². The third-order valence-corrected chi connectivity index (χ3v) is 3.32. The number of piperidine rings is 1. The van der Waals surface area contributed by atoms with E-state index in [4.69, 9.17) is 9.47 Å². The van der Waals surface area contributed by atoms with Gasteiger partial charge in [0.1, 0.15) is 18.2 Å². The molecule has 1 atom stereocenters. The van der Waals surface area contributed by atoms with Crippen LogP contribution in [0.2, 0.25) is 0 Å². The van der Waals surface area contributed by atoms with Crippen molar-refractivity contribution in [2.24, 2.45) is 0 Å². The molecule has 1 aliphatic heterocycles. The van der Waals surface area contributed by atoms with E-state index >= 15 is 0 Å². The van der Waals surface area contributed by atoms with Crippen LogP contribution in [0.25, 0.3) is 0 Å². The Hall–Kier alpha value is -1.13. The van der Waals surface area contributed by atoms with Crippen LogP contribution in [0, 0.1) is 5.82 Å². The Morgan fingerprint density at radius 2 is 2.16 bits per heavy atom. The van der Waals surface area contributed by atoms with Crippen LogP contribution in [-0.4, -0.2) is 32.4 Å². The first-order valence-corrected chi connectivity index (χ1v) is 7.04. The van der Waals surface area contributed by atoms with Crippen molar-refractivity contribution in [1.82, 2.24) is 5.32 Å². The molecule has 1 aromatic rings. The molecule has 1 heterocycles. The van der Waals surface area contributed by atoms with Gasteiger partial charge in [0.25, 0.3) is 0 Å². The molecule has 1 fully saturated rings. The number of halogens is 1. The molecule has 4 heteroatoms. The van der Waals surface area contributed by atoms with Gasteiger partial charge in [-0.05, 0) is 37.9 Å². The van der Waals surface area contributed by atoms with Crippen molar-refractivity contribution in [2.45, 2.75) is 31.7 Å². The fourth-order valence-corrected chi connectivity index (χ4v) is 2.27. The second kappa shape index (κ2) is 8.12. The van der Waals surface area contributed by atoms with E-state index < -0.39 is 0 Å². The minimum Gasteiger partial charge on any atom is -0.491 e. The Bertz CT molecular complexity index is 367. The Morgan fingerprint density at radius 3 is 2.95 bits per heavy atom. The van der Waals surface area contributed by atoms with Crippen LogP contribution in [-0.2, 0) is 4.74 Å². The van der Waals surface area contributed by atoms with Crippen LogP contribution in [0.15, 0.2) is 24.3 Å². The largest absolute Gasteiger partial charge is 0.491 e. The molecule has 1 N–H and O–H groups in total. The molecule has 19 heavy (non-hydrogen) atoms. The molecule has 0 aromatic heterocycles. The zero-order valence-electron chi connectivity index (χ0n) is 11.2. The van der Waals surface area contributed by atoms with Gasteiger partial charge in [-0.1, -0.05) is 12.5 Å². The van der Waals surface area contributed by atoms with Gasteiger partial charge in [0, 0.05) is 18.7 Å². The number of hydrogen-bond acceptors (Lipinski definition) is 3. The maximum Gasteiger partial charge on any atom is 0.126 e. The van der Waals surface area contributed by atoms with Crippen molar-refractivity contribution in [3.05, 3.63) is 30.1 Å². The van der Waals surface area contributed by atoms with E-state index in [2.05, 4.69) is 5.32 Å². The summed E-state index contributed by atoms with van der Waals surface area (Å²) in [4.78, 5) is 0. The van der Waals surface area contributed by atoms with Gasteiger partial charge in [-0.3, -0.25) is 0 Å². The van der Waals surface area contributed by atoms with E-state index in [1.165, 1.54) is 31.4 Å². The van der Waals surface area contributed by atoms with Crippen molar-refractivity contribution in [3.63, 3.8) is 0 Å². The van der Waals surface area contributed by atoms with E-state index in [0.717, 1.165) is 19.6 Å². The second-order valence-corrected chi connectivity index (χ2v) is 4.85. The van der Waals surface area contributed by atoms with Gasteiger partial charge < -0.3 is 14.8 Å². The molecule has 3 nitrogen and oxygen atoms in total. The highest BCUT2D eigenvalue weighted by Gasteiger charge is 2.11. The minimum atomic E-state index is -0.276. The number of ether oxygens (including phenoxy) is 2. The van der Waals surface area contributed by atoms with Crippen molar-refractivity contribution < 1.29 is 13.9 Å². The third-order valence-electron chi connectivity index (χ3n) is 3.32. The highest BCUT2D eigenvalue weighted by molar-refractivity contribution is 5.22. The lowest BCUT2D eigenvalue weighted by atomic mass is 10.0. The Kier molecular flexibility index (Phi) is 6.11. The summed E-state index contributed by atoms with van der Waals surface area (Å²) >= 11 is 0. The summed E-state index contributed by atoms with van der Waals surface area (Å²) in [6.07, 6.45) is 4.92. The summed E-state index contributed by atoms with van der Waals surface area (Å²) in [7, 11) is 0. The van der Waals surface area contributed by atoms with Crippen molar-refractivity contribution in [2.75, 3.05) is 26.4 Å². The van der Waals surface area contributed by atoms with Crippen LogP contribution in [0.5, 0.6) is 5.75 Å². The average molecular weight is 267 g/mol. The predicted molar refractivity (Wildman–Crippen MR) is 73.0 cm³/mol. The van der Waals surface area contributed by atoms with Crippen molar-refractivity contribution >= 4 is 0 Å². The second-order valence-electron chi connectivity index (χ2n) is 4.85. The summed E-state index contributed by atoms with van der Waals surface area (Å²) in [5.41, 5.74) is 0. The first-order valence-electron chi connectivity index (χ1n) is 7.04. The van der Waals surface area contributed by atoms with Gasteiger partial charge >= 0.3 is 0 Å². The summed E-state index contributed by atoms with van der Waals surface area (Å²) in [5.74, 6) is 0.277. The fourth-order valence-electron chi connectivity index (χ4n) is 2.27. The molecular formula is C15H22FNO2. The average Bonchev–Trinajstić information content (AvgIpc) is 2.44. The smallest absolute Gasteiger partial charge is 0.126 e. The topological polar surface area (TPSA) is 30.5 Å². The Morgan fingerprint density at radius 1 is 1.21 bits per heavy atom. The molecule has 1 unspecified atom stereocenters. The van der Waals surface area contributed by atoms with Crippen LogP contribution in [0.3, 0.4) is 0 Å². The normalized spacial score (nSPS) is 19.3. The molecule has 1 saturated heterocycles. The highest BCUT2D eigenvalue weighted by Crippen LogP contribution is 2.12. The lowest BCUT2D eigenvalue weighted by Gasteiger charge is -2.23. The van der Waals surface area contributed by atoms with Crippen LogP contribution in [0.4, 0.5) is 4.39 Å². The van der Waals surface area contributed by atoms with Crippen LogP contribution < -0.4 is 10.1 Å². The zero-order valence-corrected chi connectivity index (χ0v) is 11.2. The lowest BCUT2D eigenvalue weighted by molar-refractivity contribution is 0.0910. The number of nitrogens with one attached hydrogen (secondary N) is 1. The molecule has 106 valence electrons. The van der Waals surface area contributed by atoms with E-state index in [1.807, 2.05) is 0 Å². The summed E-state index contributed by atoms with van der Waals surface area (Å²) in [6.45, 7) is 2.89. The van der Waals surface area contributed by atoms with Gasteiger partial charge in [-0.25, -0.2) is 4.39 Å². The summed E-state index contributed by atoms with van der Waals surface area (Å²) in [5, 5.41) is 3.49. The van der Waals surface area contributed by atoms with Gasteiger partial charge in [0.15, 0.2) is 0 Å². The number of rotatable bonds is 7. The molecule has 0 radical (unpaired) electrons. The highest BCUT2D eigenvalue weighted by atomic mass is 19.1. The van der Waals surface area contributed by atoms with Gasteiger partial charge in [-0.2, -0.15) is 0 Å². The summed E-state index contributed by atoms with van der Waals surface area (Å²) in [6, 6.07) is 6.78.